The van der Waals surface area contributed by atoms with E-state index in [0.29, 0.717) is 0 Å². The predicted octanol–water partition coefficient (Wildman–Crippen LogP) is 1.97. The molecule has 0 aromatic carbocycles. The quantitative estimate of drug-likeness (QED) is 0.437. The summed E-state index contributed by atoms with van der Waals surface area (Å²) >= 11 is 2.53. The molecule has 1 rings (SSSR count). The Morgan fingerprint density at radius 2 is 1.62 bits per heavy atom. The van der Waals surface area contributed by atoms with Crippen LogP contribution in [0.4, 0.5) is 0 Å². The molecule has 0 unspecified atom stereocenters. The van der Waals surface area contributed by atoms with E-state index in [4.69, 9.17) is 0 Å². The summed E-state index contributed by atoms with van der Waals surface area (Å²) in [5.41, 5.74) is 0. The molecule has 1 aliphatic heterocycles. The van der Waals surface area contributed by atoms with Gasteiger partial charge in [-0.05, 0) is 19.3 Å². The van der Waals surface area contributed by atoms with Crippen molar-refractivity contribution in [1.29, 1.82) is 0 Å². The smallest absolute Gasteiger partial charge is 0.248 e. The first-order valence-corrected chi connectivity index (χ1v) is 4.21. The highest BCUT2D eigenvalue weighted by atomic mass is 127. The normalized spacial score (nSPS) is 27.8. The molecule has 8 heavy (non-hydrogen) atoms. The van der Waals surface area contributed by atoms with Crippen molar-refractivity contribution in [1.82, 2.24) is 0 Å². The second-order valence-corrected chi connectivity index (χ2v) is 5.10. The molecular weight excluding hydrogens is 213 g/mol. The van der Waals surface area contributed by atoms with E-state index in [2.05, 4.69) is 29.9 Å². The van der Waals surface area contributed by atoms with E-state index < -0.39 is 0 Å². The second-order valence-electron chi connectivity index (χ2n) is 2.77. The summed E-state index contributed by atoms with van der Waals surface area (Å²) in [5.74, 6) is 0. The van der Waals surface area contributed by atoms with Gasteiger partial charge in [0.05, 0.1) is 20.1 Å². The fraction of sp³-hybridized carbons (Fsp3) is 1.00. The van der Waals surface area contributed by atoms with E-state index in [1.165, 1.54) is 35.0 Å². The van der Waals surface area contributed by atoms with Gasteiger partial charge in [-0.15, -0.1) is 0 Å². The van der Waals surface area contributed by atoms with Crippen molar-refractivity contribution in [2.75, 3.05) is 20.1 Å². The van der Waals surface area contributed by atoms with Gasteiger partial charge in [0.1, 0.15) is 0 Å². The van der Waals surface area contributed by atoms with Crippen LogP contribution in [0.1, 0.15) is 19.3 Å². The molecule has 48 valence electrons. The average molecular weight is 226 g/mol. The van der Waals surface area contributed by atoms with Gasteiger partial charge < -0.3 is 0 Å². The van der Waals surface area contributed by atoms with Crippen LogP contribution in [0.5, 0.6) is 0 Å². The molecule has 2 heteroatoms. The van der Waals surface area contributed by atoms with Crippen LogP contribution in [-0.2, 0) is 0 Å². The lowest BCUT2D eigenvalue weighted by atomic mass is 10.1. The van der Waals surface area contributed by atoms with E-state index in [1.54, 1.807) is 0 Å². The van der Waals surface area contributed by atoms with Crippen molar-refractivity contribution in [3.8, 4) is 0 Å². The summed E-state index contributed by atoms with van der Waals surface area (Å²) in [6, 6.07) is 0. The molecule has 0 aromatic rings. The highest BCUT2D eigenvalue weighted by Gasteiger charge is 2.20. The zero-order valence-corrected chi connectivity index (χ0v) is 7.52. The lowest BCUT2D eigenvalue weighted by molar-refractivity contribution is -0.737. The molecule has 1 saturated heterocycles. The lowest BCUT2D eigenvalue weighted by Crippen LogP contribution is -2.37. The Bertz CT molecular complexity index is 72.6. The van der Waals surface area contributed by atoms with Gasteiger partial charge in [-0.2, -0.15) is 0 Å². The number of piperidine rings is 1. The molecule has 0 aromatic heterocycles. The maximum absolute atomic E-state index is 2.53. The van der Waals surface area contributed by atoms with Crippen molar-refractivity contribution < 1.29 is 2.70 Å². The molecule has 0 amide bonds. The maximum atomic E-state index is 2.53. The third kappa shape index (κ3) is 1.90. The topological polar surface area (TPSA) is 0 Å². The standard InChI is InChI=1S/C6H13IN/c1-8(7)5-3-2-4-6-8/h2-6H2,1H3/q+1. The molecule has 0 spiro atoms. The number of quaternary nitrogens is 1. The Morgan fingerprint density at radius 3 is 1.88 bits per heavy atom. The van der Waals surface area contributed by atoms with Gasteiger partial charge in [0.15, 0.2) is 0 Å². The third-order valence-electron chi connectivity index (χ3n) is 1.75. The first kappa shape index (κ1) is 6.81. The molecule has 1 nitrogen and oxygen atoms in total. The van der Waals surface area contributed by atoms with Gasteiger partial charge in [-0.1, -0.05) is 0 Å². The summed E-state index contributed by atoms with van der Waals surface area (Å²) in [6.07, 6.45) is 4.32. The fourth-order valence-corrected chi connectivity index (χ4v) is 1.85. The lowest BCUT2D eigenvalue weighted by Gasteiger charge is -2.29. The van der Waals surface area contributed by atoms with E-state index in [1.807, 2.05) is 0 Å². The Hall–Kier alpha value is 0.690. The zero-order valence-electron chi connectivity index (χ0n) is 5.36. The number of hydrogen-bond donors (Lipinski definition) is 0. The third-order valence-corrected chi connectivity index (χ3v) is 2.71. The van der Waals surface area contributed by atoms with Gasteiger partial charge in [0.25, 0.3) is 0 Å². The Balaban J connectivity index is 2.33. The Kier molecular flexibility index (Phi) is 2.14. The summed E-state index contributed by atoms with van der Waals surface area (Å²) in [4.78, 5) is 0. The van der Waals surface area contributed by atoms with Gasteiger partial charge in [0, 0.05) is 0 Å². The highest BCUT2D eigenvalue weighted by Crippen LogP contribution is 2.20. The van der Waals surface area contributed by atoms with Crippen LogP contribution >= 0.6 is 22.9 Å². The summed E-state index contributed by atoms with van der Waals surface area (Å²) in [5, 5.41) is 0. The van der Waals surface area contributed by atoms with Gasteiger partial charge in [0.2, 0.25) is 22.9 Å². The van der Waals surface area contributed by atoms with Crippen molar-refractivity contribution >= 4 is 22.9 Å². The number of likely N-dealkylation sites (tertiary alicyclic amines) is 1. The first-order chi connectivity index (χ1) is 3.71. The largest absolute Gasteiger partial charge is 0.270 e. The minimum atomic E-state index is 1.22. The highest BCUT2D eigenvalue weighted by molar-refractivity contribution is 14.1. The molecule has 0 N–H and O–H groups in total. The van der Waals surface area contributed by atoms with Crippen LogP contribution in [0.25, 0.3) is 0 Å². The minimum Gasteiger partial charge on any atom is -0.270 e. The van der Waals surface area contributed by atoms with E-state index in [0.717, 1.165) is 0 Å². The van der Waals surface area contributed by atoms with E-state index >= 15 is 0 Å². The molecule has 0 saturated carbocycles. The van der Waals surface area contributed by atoms with Gasteiger partial charge in [-0.3, -0.25) is 2.70 Å². The zero-order chi connectivity index (χ0) is 6.04. The second kappa shape index (κ2) is 2.52. The van der Waals surface area contributed by atoms with Crippen LogP contribution in [0.2, 0.25) is 0 Å². The van der Waals surface area contributed by atoms with Crippen LogP contribution < -0.4 is 0 Å². The number of halogens is 1. The fourth-order valence-electron chi connectivity index (χ4n) is 1.17. The van der Waals surface area contributed by atoms with E-state index in [9.17, 15) is 0 Å². The van der Waals surface area contributed by atoms with Crippen LogP contribution in [0.3, 0.4) is 0 Å². The first-order valence-electron chi connectivity index (χ1n) is 3.25. The summed E-state index contributed by atoms with van der Waals surface area (Å²) < 4.78 is 1.22. The van der Waals surface area contributed by atoms with Crippen molar-refractivity contribution in [3.63, 3.8) is 0 Å². The number of rotatable bonds is 0. The van der Waals surface area contributed by atoms with Gasteiger partial charge in [-0.25, -0.2) is 0 Å². The van der Waals surface area contributed by atoms with Crippen LogP contribution in [0, 0.1) is 0 Å². The predicted molar refractivity (Wildman–Crippen MR) is 43.8 cm³/mol. The molecule has 0 radical (unpaired) electrons. The number of nitrogens with zero attached hydrogens (tertiary/aromatic N) is 1. The molecule has 0 aliphatic carbocycles. The molecule has 1 heterocycles. The SMILES string of the molecule is C[N+]1(I)CCCCC1. The Morgan fingerprint density at radius 1 is 1.12 bits per heavy atom. The monoisotopic (exact) mass is 226 g/mol. The maximum Gasteiger partial charge on any atom is 0.248 e. The van der Waals surface area contributed by atoms with Crippen molar-refractivity contribution in [2.24, 2.45) is 0 Å². The number of hydrogen-bond acceptors (Lipinski definition) is 0. The van der Waals surface area contributed by atoms with Gasteiger partial charge >= 0.3 is 0 Å². The van der Waals surface area contributed by atoms with Crippen LogP contribution in [-0.4, -0.2) is 22.8 Å². The minimum absolute atomic E-state index is 1.22. The van der Waals surface area contributed by atoms with Crippen molar-refractivity contribution in [2.45, 2.75) is 19.3 Å². The van der Waals surface area contributed by atoms with Crippen LogP contribution in [0.15, 0.2) is 0 Å². The molecule has 0 bridgehead atoms. The molecule has 0 atom stereocenters. The molecular formula is C6H13IN+. The average Bonchev–Trinajstić information content (AvgIpc) is 1.65. The molecule has 1 fully saturated rings. The Labute approximate surface area is 65.1 Å². The summed E-state index contributed by atoms with van der Waals surface area (Å²) in [6.45, 7) is 2.75. The van der Waals surface area contributed by atoms with E-state index in [-0.39, 0.29) is 0 Å². The van der Waals surface area contributed by atoms with Crippen molar-refractivity contribution in [3.05, 3.63) is 0 Å². The molecule has 1 aliphatic rings. The summed E-state index contributed by atoms with van der Waals surface area (Å²) in [7, 11) is 2.31.